The van der Waals surface area contributed by atoms with Crippen molar-refractivity contribution in [2.75, 3.05) is 12.0 Å². The van der Waals surface area contributed by atoms with Crippen LogP contribution in [0.5, 0.6) is 5.75 Å². The number of ether oxygens (including phenoxy) is 1. The molecule has 2 aromatic carbocycles. The van der Waals surface area contributed by atoms with E-state index in [-0.39, 0.29) is 32.9 Å². The molecular formula is C22H14ClN3O6S. The van der Waals surface area contributed by atoms with E-state index < -0.39 is 16.7 Å². The number of anilines is 1. The molecule has 0 aliphatic carbocycles. The topological polar surface area (TPSA) is 115 Å². The zero-order valence-electron chi connectivity index (χ0n) is 16.9. The highest BCUT2D eigenvalue weighted by atomic mass is 35.5. The fourth-order valence-corrected chi connectivity index (χ4v) is 3.65. The average Bonchev–Trinajstić information content (AvgIpc) is 3.25. The number of hydrogen-bond donors (Lipinski definition) is 1. The van der Waals surface area contributed by atoms with Crippen molar-refractivity contribution in [2.24, 2.45) is 0 Å². The minimum Gasteiger partial charge on any atom is -0.497 e. The first-order valence-electron chi connectivity index (χ1n) is 9.38. The Balaban J connectivity index is 1.67. The predicted molar refractivity (Wildman–Crippen MR) is 125 cm³/mol. The lowest BCUT2D eigenvalue weighted by atomic mass is 10.1. The van der Waals surface area contributed by atoms with Crippen molar-refractivity contribution in [3.63, 3.8) is 0 Å². The number of halogens is 1. The highest BCUT2D eigenvalue weighted by molar-refractivity contribution is 7.80. The van der Waals surface area contributed by atoms with Gasteiger partial charge >= 0.3 is 0 Å². The Morgan fingerprint density at radius 1 is 1.15 bits per heavy atom. The number of carbonyl (C=O) groups is 2. The van der Waals surface area contributed by atoms with Gasteiger partial charge in [-0.3, -0.25) is 29.9 Å². The van der Waals surface area contributed by atoms with Crippen LogP contribution >= 0.6 is 23.8 Å². The van der Waals surface area contributed by atoms with Gasteiger partial charge in [-0.2, -0.15) is 0 Å². The lowest BCUT2D eigenvalue weighted by molar-refractivity contribution is -0.384. The first-order valence-corrected chi connectivity index (χ1v) is 10.2. The fourth-order valence-electron chi connectivity index (χ4n) is 3.16. The van der Waals surface area contributed by atoms with Crippen molar-refractivity contribution < 1.29 is 23.7 Å². The molecule has 0 spiro atoms. The molecule has 4 rings (SSSR count). The molecule has 1 N–H and O–H groups in total. The number of rotatable bonds is 5. The maximum atomic E-state index is 13.1. The molecule has 11 heteroatoms. The number of nitro groups is 1. The first-order chi connectivity index (χ1) is 15.8. The second kappa shape index (κ2) is 8.85. The maximum Gasteiger partial charge on any atom is 0.270 e. The van der Waals surface area contributed by atoms with Crippen LogP contribution in [0.4, 0.5) is 11.4 Å². The van der Waals surface area contributed by atoms with Crippen LogP contribution in [0.2, 0.25) is 5.02 Å². The Hall–Kier alpha value is -4.02. The van der Waals surface area contributed by atoms with Crippen LogP contribution in [0.1, 0.15) is 5.76 Å². The van der Waals surface area contributed by atoms with Gasteiger partial charge in [-0.1, -0.05) is 11.6 Å². The van der Waals surface area contributed by atoms with E-state index in [1.807, 2.05) is 0 Å². The number of non-ortho nitro benzene ring substituents is 1. The van der Waals surface area contributed by atoms with Gasteiger partial charge in [0.25, 0.3) is 17.5 Å². The molecule has 1 saturated heterocycles. The second-order valence-corrected chi connectivity index (χ2v) is 7.57. The molecule has 0 saturated carbocycles. The molecule has 1 fully saturated rings. The number of thiocarbonyl (C=S) groups is 1. The van der Waals surface area contributed by atoms with E-state index in [0.29, 0.717) is 17.0 Å². The average molecular weight is 484 g/mol. The van der Waals surface area contributed by atoms with Crippen molar-refractivity contribution >= 4 is 58.2 Å². The van der Waals surface area contributed by atoms with Crippen LogP contribution < -0.4 is 15.0 Å². The second-order valence-electron chi connectivity index (χ2n) is 6.78. The number of benzene rings is 2. The quantitative estimate of drug-likeness (QED) is 0.188. The normalized spacial score (nSPS) is 15.0. The first kappa shape index (κ1) is 22.2. The molecule has 1 aliphatic heterocycles. The van der Waals surface area contributed by atoms with Crippen LogP contribution in [0.25, 0.3) is 17.4 Å². The van der Waals surface area contributed by atoms with Crippen molar-refractivity contribution in [3.8, 4) is 17.1 Å². The van der Waals surface area contributed by atoms with E-state index in [2.05, 4.69) is 5.32 Å². The third kappa shape index (κ3) is 4.34. The van der Waals surface area contributed by atoms with Gasteiger partial charge in [-0.05, 0) is 60.8 Å². The molecule has 2 heterocycles. The van der Waals surface area contributed by atoms with Gasteiger partial charge in [-0.25, -0.2) is 0 Å². The van der Waals surface area contributed by atoms with Gasteiger partial charge in [0, 0.05) is 17.7 Å². The number of nitrogens with one attached hydrogen (secondary N) is 1. The Labute approximate surface area is 197 Å². The van der Waals surface area contributed by atoms with Crippen LogP contribution in [-0.4, -0.2) is 29.0 Å². The number of furan rings is 1. The molecule has 3 aromatic rings. The highest BCUT2D eigenvalue weighted by Gasteiger charge is 2.34. The van der Waals surface area contributed by atoms with E-state index in [4.69, 9.17) is 33.0 Å². The number of nitrogens with zero attached hydrogens (tertiary/aromatic N) is 2. The van der Waals surface area contributed by atoms with Gasteiger partial charge in [0.2, 0.25) is 0 Å². The van der Waals surface area contributed by atoms with E-state index in [0.717, 1.165) is 0 Å². The van der Waals surface area contributed by atoms with Crippen LogP contribution in [-0.2, 0) is 9.59 Å². The van der Waals surface area contributed by atoms with Gasteiger partial charge in [-0.15, -0.1) is 0 Å². The van der Waals surface area contributed by atoms with Crippen LogP contribution in [0.3, 0.4) is 0 Å². The monoisotopic (exact) mass is 483 g/mol. The Morgan fingerprint density at radius 3 is 2.55 bits per heavy atom. The largest absolute Gasteiger partial charge is 0.497 e. The fraction of sp³-hybridized carbons (Fsp3) is 0.0455. The van der Waals surface area contributed by atoms with Gasteiger partial charge in [0.1, 0.15) is 22.8 Å². The summed E-state index contributed by atoms with van der Waals surface area (Å²) < 4.78 is 10.8. The number of nitro benzene ring substituents is 1. The molecule has 33 heavy (non-hydrogen) atoms. The molecule has 166 valence electrons. The number of carbonyl (C=O) groups excluding carboxylic acids is 2. The molecule has 0 atom stereocenters. The van der Waals surface area contributed by atoms with Gasteiger partial charge in [0.15, 0.2) is 5.11 Å². The molecule has 9 nitrogen and oxygen atoms in total. The minimum absolute atomic E-state index is 0.0594. The van der Waals surface area contributed by atoms with Crippen LogP contribution in [0.15, 0.2) is 64.6 Å². The SMILES string of the molecule is COc1ccc(N2C(=O)/C(=C/c3ccc(-c4cc([N+](=O)[O-])ccc4Cl)o3)C(=O)NC2=S)cc1. The number of hydrogen-bond acceptors (Lipinski definition) is 7. The van der Waals surface area contributed by atoms with Crippen molar-refractivity contribution in [1.82, 2.24) is 5.32 Å². The standard InChI is InChI=1S/C22H14ClN3O6S/c1-31-14-5-2-12(3-6-14)25-21(28)17(20(27)24-22(25)33)11-15-7-9-19(32-15)16-10-13(26(29)30)4-8-18(16)23/h2-11H,1H3,(H,24,27,33)/b17-11+. The lowest BCUT2D eigenvalue weighted by Crippen LogP contribution is -2.54. The summed E-state index contributed by atoms with van der Waals surface area (Å²) in [6.07, 6.45) is 1.27. The molecule has 0 radical (unpaired) electrons. The van der Waals surface area contributed by atoms with E-state index in [1.165, 1.54) is 48.4 Å². The Kier molecular flexibility index (Phi) is 5.95. The Morgan fingerprint density at radius 2 is 1.88 bits per heavy atom. The zero-order valence-corrected chi connectivity index (χ0v) is 18.5. The summed E-state index contributed by atoms with van der Waals surface area (Å²) in [5, 5.41) is 13.7. The van der Waals surface area contributed by atoms with Crippen molar-refractivity contribution in [3.05, 3.63) is 81.1 Å². The summed E-state index contributed by atoms with van der Waals surface area (Å²) in [4.78, 5) is 37.3. The Bertz CT molecular complexity index is 1330. The molecule has 1 aromatic heterocycles. The third-order valence-electron chi connectivity index (χ3n) is 4.77. The summed E-state index contributed by atoms with van der Waals surface area (Å²) in [7, 11) is 1.52. The van der Waals surface area contributed by atoms with Gasteiger partial charge in [0.05, 0.1) is 22.7 Å². The summed E-state index contributed by atoms with van der Waals surface area (Å²) in [5.74, 6) is -0.312. The minimum atomic E-state index is -0.680. The molecule has 0 unspecified atom stereocenters. The van der Waals surface area contributed by atoms with Crippen LogP contribution in [0, 0.1) is 10.1 Å². The maximum absolute atomic E-state index is 13.1. The summed E-state index contributed by atoms with van der Waals surface area (Å²) in [5.41, 5.74) is 0.387. The zero-order chi connectivity index (χ0) is 23.7. The van der Waals surface area contributed by atoms with Crippen molar-refractivity contribution in [2.45, 2.75) is 0 Å². The predicted octanol–water partition coefficient (Wildman–Crippen LogP) is 4.35. The van der Waals surface area contributed by atoms with E-state index in [9.17, 15) is 19.7 Å². The van der Waals surface area contributed by atoms with Gasteiger partial charge < -0.3 is 9.15 Å². The number of amides is 2. The smallest absolute Gasteiger partial charge is 0.270 e. The molecule has 1 aliphatic rings. The summed E-state index contributed by atoms with van der Waals surface area (Å²) >= 11 is 11.3. The van der Waals surface area contributed by atoms with E-state index >= 15 is 0 Å². The highest BCUT2D eigenvalue weighted by Crippen LogP contribution is 2.33. The summed E-state index contributed by atoms with van der Waals surface area (Å²) in [6, 6.07) is 13.6. The third-order valence-corrected chi connectivity index (χ3v) is 5.39. The molecule has 0 bridgehead atoms. The van der Waals surface area contributed by atoms with E-state index in [1.54, 1.807) is 24.3 Å². The molecule has 2 amide bonds. The summed E-state index contributed by atoms with van der Waals surface area (Å²) in [6.45, 7) is 0. The molecular weight excluding hydrogens is 470 g/mol. The van der Waals surface area contributed by atoms with Crippen molar-refractivity contribution in [1.29, 1.82) is 0 Å². The lowest BCUT2D eigenvalue weighted by Gasteiger charge is -2.28. The number of methoxy groups -OCH3 is 1.